The van der Waals surface area contributed by atoms with E-state index in [4.69, 9.17) is 0 Å². The molecule has 1 aliphatic heterocycles. The van der Waals surface area contributed by atoms with Gasteiger partial charge >= 0.3 is 147 Å². The van der Waals surface area contributed by atoms with Crippen molar-refractivity contribution in [3.63, 3.8) is 0 Å². The van der Waals surface area contributed by atoms with Crippen LogP contribution in [0.1, 0.15) is 65.2 Å². The largest absolute Gasteiger partial charge is 1.00 e. The maximum absolute atomic E-state index is 2.65. The molecule has 0 aromatic rings. The summed E-state index contributed by atoms with van der Waals surface area (Å²) in [7, 11) is -1.42. The summed E-state index contributed by atoms with van der Waals surface area (Å²) in [4.78, 5) is 0. The SMILES string of the molecule is CCCCC1=CC[C]2=C1[Si](C)(C)C1=[C](CC=C1CCCC)[Ti+2]2.[Cl-].[Cl-]. The van der Waals surface area contributed by atoms with Crippen molar-refractivity contribution in [2.75, 3.05) is 0 Å². The molecule has 0 aromatic carbocycles. The van der Waals surface area contributed by atoms with Crippen LogP contribution in [-0.4, -0.2) is 8.07 Å². The van der Waals surface area contributed by atoms with Gasteiger partial charge in [0.2, 0.25) is 0 Å². The van der Waals surface area contributed by atoms with Gasteiger partial charge in [-0.25, -0.2) is 0 Å². The van der Waals surface area contributed by atoms with E-state index in [0.717, 1.165) is 0 Å². The van der Waals surface area contributed by atoms with E-state index in [-0.39, 0.29) is 44.0 Å². The Morgan fingerprint density at radius 3 is 1.62 bits per heavy atom. The number of unbranched alkanes of at least 4 members (excludes halogenated alkanes) is 2. The first kappa shape index (κ1) is 22.5. The second-order valence-electron chi connectivity index (χ2n) is 7.53. The van der Waals surface area contributed by atoms with Gasteiger partial charge in [0.15, 0.2) is 0 Å². The maximum atomic E-state index is 2.65. The van der Waals surface area contributed by atoms with Crippen molar-refractivity contribution < 1.29 is 44.0 Å². The Balaban J connectivity index is 0.00000144. The molecule has 0 N–H and O–H groups in total. The van der Waals surface area contributed by atoms with Gasteiger partial charge in [0, 0.05) is 0 Å². The molecule has 0 saturated heterocycles. The Morgan fingerprint density at radius 1 is 0.833 bits per heavy atom. The van der Waals surface area contributed by atoms with Crippen molar-refractivity contribution in [1.82, 2.24) is 0 Å². The average molecular weight is 417 g/mol. The molecular weight excluding hydrogens is 387 g/mol. The zero-order valence-corrected chi connectivity index (χ0v) is 19.6. The number of halogens is 2. The van der Waals surface area contributed by atoms with Crippen molar-refractivity contribution >= 4 is 8.07 Å². The van der Waals surface area contributed by atoms with Gasteiger partial charge in [0.1, 0.15) is 0 Å². The number of allylic oxidation sites excluding steroid dienone is 8. The summed E-state index contributed by atoms with van der Waals surface area (Å²) in [6.45, 7) is 9.95. The minimum atomic E-state index is -1.42. The molecule has 2 aliphatic carbocycles. The molecule has 0 nitrogen and oxygen atoms in total. The topological polar surface area (TPSA) is 0 Å². The summed E-state index contributed by atoms with van der Waals surface area (Å²) in [6.07, 6.45) is 15.9. The van der Waals surface area contributed by atoms with Gasteiger partial charge in [-0.2, -0.15) is 0 Å². The van der Waals surface area contributed by atoms with Gasteiger partial charge in [-0.05, 0) is 0 Å². The van der Waals surface area contributed by atoms with E-state index in [1.54, 1.807) is 11.1 Å². The second-order valence-corrected chi connectivity index (χ2v) is 14.1. The molecule has 132 valence electrons. The second kappa shape index (κ2) is 9.42. The van der Waals surface area contributed by atoms with Crippen molar-refractivity contribution in [2.24, 2.45) is 0 Å². The van der Waals surface area contributed by atoms with Crippen molar-refractivity contribution in [2.45, 2.75) is 78.3 Å². The molecule has 0 saturated carbocycles. The summed E-state index contributed by atoms with van der Waals surface area (Å²) in [6, 6.07) is 0. The molecule has 3 rings (SSSR count). The Labute approximate surface area is 171 Å². The molecule has 1 heterocycles. The van der Waals surface area contributed by atoms with E-state index < -0.39 is 8.07 Å². The van der Waals surface area contributed by atoms with Gasteiger partial charge in [0.05, 0.1) is 0 Å². The fourth-order valence-corrected chi connectivity index (χ4v) is 14.1. The van der Waals surface area contributed by atoms with Gasteiger partial charge in [-0.1, -0.05) is 0 Å². The fourth-order valence-electron chi connectivity index (χ4n) is 4.53. The average Bonchev–Trinajstić information content (AvgIpc) is 3.08. The van der Waals surface area contributed by atoms with Crippen molar-refractivity contribution in [1.29, 1.82) is 0 Å². The molecule has 3 aliphatic rings. The van der Waals surface area contributed by atoms with E-state index in [0.29, 0.717) is 0 Å². The third-order valence-corrected chi connectivity index (χ3v) is 12.4. The third kappa shape index (κ3) is 4.07. The van der Waals surface area contributed by atoms with Crippen LogP contribution in [0.3, 0.4) is 0 Å². The number of rotatable bonds is 6. The minimum Gasteiger partial charge on any atom is -1.00 e. The van der Waals surface area contributed by atoms with E-state index in [2.05, 4.69) is 39.1 Å². The summed E-state index contributed by atoms with van der Waals surface area (Å²) >= 11 is 0.0187. The van der Waals surface area contributed by atoms with Gasteiger partial charge in [-0.15, -0.1) is 0 Å². The molecule has 0 fully saturated rings. The predicted octanol–water partition coefficient (Wildman–Crippen LogP) is 0.426. The molecule has 0 radical (unpaired) electrons. The molecule has 0 bridgehead atoms. The van der Waals surface area contributed by atoms with Gasteiger partial charge < -0.3 is 24.8 Å². The Morgan fingerprint density at radius 2 is 1.25 bits per heavy atom. The standard InChI is InChI=1S/C20H30Si.2ClH.Ti/c1-5-7-11-17-13-9-15-19(17)21(3,4)20-16-10-14-18(20)12-8-6-2;;;/h13-14H,5-12H2,1-4H3;2*1H;/q;;;+2/p-2. The normalized spacial score (nSPS) is 20.2. The number of hydrogen-bond acceptors (Lipinski definition) is 0. The van der Waals surface area contributed by atoms with Crippen LogP contribution in [0.2, 0.25) is 13.1 Å². The molecule has 4 heteroatoms. The van der Waals surface area contributed by atoms with E-state index >= 15 is 0 Å². The first-order valence-corrected chi connectivity index (χ1v) is 13.8. The zero-order valence-electron chi connectivity index (χ0n) is 15.6. The van der Waals surface area contributed by atoms with Crippen LogP contribution in [0.5, 0.6) is 0 Å². The summed E-state index contributed by atoms with van der Waals surface area (Å²) in [5.41, 5.74) is 3.54. The summed E-state index contributed by atoms with van der Waals surface area (Å²) in [5, 5.41) is 3.84. The van der Waals surface area contributed by atoms with Gasteiger partial charge in [0.25, 0.3) is 0 Å². The van der Waals surface area contributed by atoms with Crippen molar-refractivity contribution in [3.8, 4) is 0 Å². The smallest absolute Gasteiger partial charge is 1.00 e. The minimum absolute atomic E-state index is 0. The van der Waals surface area contributed by atoms with Crippen LogP contribution in [0.25, 0.3) is 0 Å². The van der Waals surface area contributed by atoms with Crippen molar-refractivity contribution in [3.05, 3.63) is 41.4 Å². The molecule has 0 atom stereocenters. The van der Waals surface area contributed by atoms with Crippen LogP contribution in [0.4, 0.5) is 0 Å². The first-order valence-electron chi connectivity index (χ1n) is 9.22. The third-order valence-electron chi connectivity index (χ3n) is 5.50. The Hall–Kier alpha value is 0.471. The van der Waals surface area contributed by atoms with Crippen LogP contribution >= 0.6 is 0 Å². The summed E-state index contributed by atoms with van der Waals surface area (Å²) in [5.74, 6) is 0. The molecular formula is C20H30Cl2SiTi. The Bertz CT molecular complexity index is 547. The van der Waals surface area contributed by atoms with E-state index in [9.17, 15) is 0 Å². The molecule has 0 spiro atoms. The summed E-state index contributed by atoms with van der Waals surface area (Å²) < 4.78 is 3.85. The van der Waals surface area contributed by atoms with Crippen LogP contribution in [0.15, 0.2) is 41.4 Å². The molecule has 24 heavy (non-hydrogen) atoms. The maximum Gasteiger partial charge on any atom is -1.00 e. The molecule has 0 unspecified atom stereocenters. The van der Waals surface area contributed by atoms with Crippen LogP contribution in [-0.2, 0) is 19.2 Å². The molecule has 0 aromatic heterocycles. The first-order chi connectivity index (χ1) is 10.6. The van der Waals surface area contributed by atoms with E-state index in [1.807, 2.05) is 18.1 Å². The van der Waals surface area contributed by atoms with Gasteiger partial charge in [-0.3, -0.25) is 0 Å². The predicted molar refractivity (Wildman–Crippen MR) is 96.0 cm³/mol. The quantitative estimate of drug-likeness (QED) is 0.550. The monoisotopic (exact) mass is 416 g/mol. The number of hydrogen-bond donors (Lipinski definition) is 0. The van der Waals surface area contributed by atoms with Crippen LogP contribution in [0, 0.1) is 0 Å². The van der Waals surface area contributed by atoms with E-state index in [1.165, 1.54) is 51.4 Å². The fraction of sp³-hybridized carbons (Fsp3) is 0.600. The Kier molecular flexibility index (Phi) is 8.84. The zero-order chi connectivity index (χ0) is 15.7. The molecule has 0 amide bonds. The van der Waals surface area contributed by atoms with Crippen LogP contribution < -0.4 is 24.8 Å².